The number of nitrogens with zero attached hydrogens (tertiary/aromatic N) is 2. The van der Waals surface area contributed by atoms with E-state index in [4.69, 9.17) is 0 Å². The standard InChI is InChI=1S/C21H24N2O/c1-3-4-14-23(16-20-10-7-13-22(20)2)21(24)19-12-11-17-8-5-6-9-18(17)15-19/h5-13,15H,3-4,14,16H2,1-2H3. The molecule has 0 fully saturated rings. The molecule has 0 saturated heterocycles. The van der Waals surface area contributed by atoms with Crippen LogP contribution >= 0.6 is 0 Å². The van der Waals surface area contributed by atoms with Crippen LogP contribution in [0.4, 0.5) is 0 Å². The van der Waals surface area contributed by atoms with E-state index in [9.17, 15) is 4.79 Å². The van der Waals surface area contributed by atoms with Crippen LogP contribution in [-0.2, 0) is 13.6 Å². The van der Waals surface area contributed by atoms with Gasteiger partial charge in [0.1, 0.15) is 0 Å². The Morgan fingerprint density at radius 3 is 2.54 bits per heavy atom. The van der Waals surface area contributed by atoms with Gasteiger partial charge in [0.05, 0.1) is 6.54 Å². The van der Waals surface area contributed by atoms with Gasteiger partial charge in [-0.05, 0) is 41.5 Å². The molecule has 1 amide bonds. The van der Waals surface area contributed by atoms with Crippen LogP contribution in [0.15, 0.2) is 60.8 Å². The molecule has 24 heavy (non-hydrogen) atoms. The normalized spacial score (nSPS) is 10.9. The van der Waals surface area contributed by atoms with Crippen molar-refractivity contribution in [1.29, 1.82) is 0 Å². The Kier molecular flexibility index (Phi) is 4.99. The van der Waals surface area contributed by atoms with Crippen LogP contribution < -0.4 is 0 Å². The van der Waals surface area contributed by atoms with Crippen LogP contribution in [0, 0.1) is 0 Å². The Labute approximate surface area is 143 Å². The van der Waals surface area contributed by atoms with Crippen molar-refractivity contribution >= 4 is 16.7 Å². The van der Waals surface area contributed by atoms with Crippen LogP contribution in [-0.4, -0.2) is 21.9 Å². The highest BCUT2D eigenvalue weighted by Crippen LogP contribution is 2.18. The maximum atomic E-state index is 13.0. The average molecular weight is 320 g/mol. The zero-order valence-electron chi connectivity index (χ0n) is 14.4. The van der Waals surface area contributed by atoms with Gasteiger partial charge in [-0.1, -0.05) is 43.7 Å². The summed E-state index contributed by atoms with van der Waals surface area (Å²) in [5, 5.41) is 2.27. The number of aryl methyl sites for hydroxylation is 1. The minimum Gasteiger partial charge on any atom is -0.353 e. The zero-order chi connectivity index (χ0) is 16.9. The first-order chi connectivity index (χ1) is 11.7. The van der Waals surface area contributed by atoms with E-state index in [-0.39, 0.29) is 5.91 Å². The van der Waals surface area contributed by atoms with Gasteiger partial charge in [0.2, 0.25) is 0 Å². The van der Waals surface area contributed by atoms with Crippen molar-refractivity contribution in [3.8, 4) is 0 Å². The quantitative estimate of drug-likeness (QED) is 0.650. The van der Waals surface area contributed by atoms with E-state index in [0.717, 1.165) is 41.4 Å². The summed E-state index contributed by atoms with van der Waals surface area (Å²) in [4.78, 5) is 15.0. The fraction of sp³-hybridized carbons (Fsp3) is 0.286. The predicted octanol–water partition coefficient (Wildman–Crippen LogP) is 4.62. The highest BCUT2D eigenvalue weighted by atomic mass is 16.2. The number of carbonyl (C=O) groups is 1. The Morgan fingerprint density at radius 1 is 1.04 bits per heavy atom. The summed E-state index contributed by atoms with van der Waals surface area (Å²) < 4.78 is 2.08. The van der Waals surface area contributed by atoms with E-state index in [1.807, 2.05) is 54.5 Å². The third-order valence-corrected chi connectivity index (χ3v) is 4.47. The molecular formula is C21H24N2O. The Hall–Kier alpha value is -2.55. The number of fused-ring (bicyclic) bond motifs is 1. The van der Waals surface area contributed by atoms with Gasteiger partial charge in [-0.2, -0.15) is 0 Å². The smallest absolute Gasteiger partial charge is 0.254 e. The monoisotopic (exact) mass is 320 g/mol. The van der Waals surface area contributed by atoms with Crippen LogP contribution in [0.5, 0.6) is 0 Å². The van der Waals surface area contributed by atoms with Gasteiger partial charge >= 0.3 is 0 Å². The number of amides is 1. The third-order valence-electron chi connectivity index (χ3n) is 4.47. The number of carbonyl (C=O) groups excluding carboxylic acids is 1. The summed E-state index contributed by atoms with van der Waals surface area (Å²) in [7, 11) is 2.02. The van der Waals surface area contributed by atoms with Crippen LogP contribution in [0.2, 0.25) is 0 Å². The lowest BCUT2D eigenvalue weighted by Crippen LogP contribution is -2.32. The summed E-state index contributed by atoms with van der Waals surface area (Å²) in [6.45, 7) is 3.59. The molecule has 2 aromatic carbocycles. The summed E-state index contributed by atoms with van der Waals surface area (Å²) in [6, 6.07) is 18.2. The summed E-state index contributed by atoms with van der Waals surface area (Å²) in [6.07, 6.45) is 4.12. The second kappa shape index (κ2) is 7.35. The van der Waals surface area contributed by atoms with E-state index >= 15 is 0 Å². The highest BCUT2D eigenvalue weighted by molar-refractivity contribution is 5.98. The molecule has 1 heterocycles. The van der Waals surface area contributed by atoms with Crippen molar-refractivity contribution < 1.29 is 4.79 Å². The maximum absolute atomic E-state index is 13.0. The molecule has 0 N–H and O–H groups in total. The fourth-order valence-electron chi connectivity index (χ4n) is 2.96. The Balaban J connectivity index is 1.87. The number of aromatic nitrogens is 1. The van der Waals surface area contributed by atoms with Crippen molar-refractivity contribution in [3.05, 3.63) is 72.1 Å². The molecule has 3 nitrogen and oxygen atoms in total. The van der Waals surface area contributed by atoms with Gasteiger partial charge in [-0.25, -0.2) is 0 Å². The maximum Gasteiger partial charge on any atom is 0.254 e. The van der Waals surface area contributed by atoms with Crippen LogP contribution in [0.1, 0.15) is 35.8 Å². The second-order valence-corrected chi connectivity index (χ2v) is 6.25. The molecule has 3 heteroatoms. The SMILES string of the molecule is CCCCN(Cc1cccn1C)C(=O)c1ccc2ccccc2c1. The Bertz CT molecular complexity index is 834. The lowest BCUT2D eigenvalue weighted by molar-refractivity contribution is 0.0737. The molecule has 3 rings (SSSR count). The molecule has 0 spiro atoms. The van der Waals surface area contributed by atoms with Crippen molar-refractivity contribution in [2.75, 3.05) is 6.54 Å². The molecule has 0 aliphatic rings. The molecule has 0 unspecified atom stereocenters. The number of benzene rings is 2. The Morgan fingerprint density at radius 2 is 1.83 bits per heavy atom. The average Bonchev–Trinajstić information content (AvgIpc) is 3.02. The number of hydrogen-bond donors (Lipinski definition) is 0. The minimum absolute atomic E-state index is 0.107. The molecule has 0 aliphatic heterocycles. The van der Waals surface area contributed by atoms with Crippen molar-refractivity contribution in [2.24, 2.45) is 7.05 Å². The van der Waals surface area contributed by atoms with Crippen molar-refractivity contribution in [2.45, 2.75) is 26.3 Å². The van der Waals surface area contributed by atoms with Crippen LogP contribution in [0.3, 0.4) is 0 Å². The predicted molar refractivity (Wildman–Crippen MR) is 99.0 cm³/mol. The first-order valence-corrected chi connectivity index (χ1v) is 8.57. The topological polar surface area (TPSA) is 25.2 Å². The van der Waals surface area contributed by atoms with E-state index in [0.29, 0.717) is 6.54 Å². The summed E-state index contributed by atoms with van der Waals surface area (Å²) >= 11 is 0. The molecule has 0 saturated carbocycles. The first kappa shape index (κ1) is 16.3. The lowest BCUT2D eigenvalue weighted by atomic mass is 10.1. The van der Waals surface area contributed by atoms with Gasteiger partial charge in [-0.15, -0.1) is 0 Å². The van der Waals surface area contributed by atoms with Crippen molar-refractivity contribution in [1.82, 2.24) is 9.47 Å². The molecular weight excluding hydrogens is 296 g/mol. The molecule has 3 aromatic rings. The zero-order valence-corrected chi connectivity index (χ0v) is 14.4. The van der Waals surface area contributed by atoms with Crippen molar-refractivity contribution in [3.63, 3.8) is 0 Å². The lowest BCUT2D eigenvalue weighted by Gasteiger charge is -2.23. The molecule has 0 bridgehead atoms. The molecule has 0 radical (unpaired) electrons. The highest BCUT2D eigenvalue weighted by Gasteiger charge is 2.17. The van der Waals surface area contributed by atoms with Crippen LogP contribution in [0.25, 0.3) is 10.8 Å². The molecule has 0 atom stereocenters. The first-order valence-electron chi connectivity index (χ1n) is 8.57. The summed E-state index contributed by atoms with van der Waals surface area (Å²) in [5.74, 6) is 0.107. The largest absolute Gasteiger partial charge is 0.353 e. The van der Waals surface area contributed by atoms with E-state index in [2.05, 4.69) is 29.7 Å². The van der Waals surface area contributed by atoms with Gasteiger partial charge < -0.3 is 9.47 Å². The van der Waals surface area contributed by atoms with E-state index < -0.39 is 0 Å². The number of hydrogen-bond acceptors (Lipinski definition) is 1. The molecule has 1 aromatic heterocycles. The van der Waals surface area contributed by atoms with Gasteiger partial charge in [0, 0.05) is 31.0 Å². The minimum atomic E-state index is 0.107. The van der Waals surface area contributed by atoms with E-state index in [1.165, 1.54) is 0 Å². The number of unbranched alkanes of at least 4 members (excludes halogenated alkanes) is 1. The molecule has 0 aliphatic carbocycles. The third kappa shape index (κ3) is 3.51. The van der Waals surface area contributed by atoms with E-state index in [1.54, 1.807) is 0 Å². The van der Waals surface area contributed by atoms with Gasteiger partial charge in [0.25, 0.3) is 5.91 Å². The van der Waals surface area contributed by atoms with Gasteiger partial charge in [0.15, 0.2) is 0 Å². The number of rotatable bonds is 6. The second-order valence-electron chi connectivity index (χ2n) is 6.25. The summed E-state index contributed by atoms with van der Waals surface area (Å²) in [5.41, 5.74) is 1.92. The fourth-order valence-corrected chi connectivity index (χ4v) is 2.96. The molecule has 124 valence electrons. The van der Waals surface area contributed by atoms with Gasteiger partial charge in [-0.3, -0.25) is 4.79 Å².